The highest BCUT2D eigenvalue weighted by Crippen LogP contribution is 2.53. The van der Waals surface area contributed by atoms with Gasteiger partial charge < -0.3 is 26.8 Å². The highest BCUT2D eigenvalue weighted by Gasteiger charge is 2.37. The molecule has 0 fully saturated rings. The van der Waals surface area contributed by atoms with Gasteiger partial charge in [-0.1, -0.05) is 299 Å². The molecule has 11 heterocycles. The molecule has 1 aliphatic carbocycles. The monoisotopic (exact) mass is 1830 g/mol. The summed E-state index contributed by atoms with van der Waals surface area (Å²) in [4.78, 5) is 31.6. The number of hydrogen-bond donors (Lipinski definition) is 0. The Kier molecular flexibility index (Phi) is 17.3. The van der Waals surface area contributed by atoms with E-state index in [0.29, 0.717) is 17.7 Å². The molecule has 0 radical (unpaired) electrons. The number of nitrogens with zero attached hydrogens (tertiary/aromatic N) is 10. The number of benzene rings is 20. The lowest BCUT2D eigenvalue weighted by atomic mass is 9.82. The molecule has 143 heavy (non-hydrogen) atoms. The standard InChI is InChI=1S/C44H26N4O.C44H25N3O2.C41H27N3O/c1-2-13-27(14-3-1)47-37-23-10-6-18-33(37)40-38(47)26-25-30-28-15-5-9-22-36(28)48(42(30)40)44-45-35-21-8-4-17-32(35)41(46-44)34-20-12-19-31-29-16-7-11-24-39(29)49-43(31)34;1-5-16-35-32(12-1)41(34-15-9-14-30-28-10-3-7-18-38(28)48-42(30)34)46-44(45-35)26-20-22-27(23-21-26)47-36-17-6-2-13-33(36)40-37(47)25-24-31-29-11-4-8-19-39(29)49-43(31)40;1-41(2)32-18-7-3-12-24(32)30-23-36-31(22-33(30)41)25-13-5-9-20-35(25)44(36)40-42-34-19-8-4-15-28(34)38(43-40)29-17-11-16-27-26-14-6-10-21-37(26)45-39(27)29/h1-26H;1-25H;3-23H,1-2H3. The highest BCUT2D eigenvalue weighted by atomic mass is 16.3. The Morgan fingerprint density at radius 3 is 1.09 bits per heavy atom. The van der Waals surface area contributed by atoms with Crippen LogP contribution in [0.5, 0.6) is 0 Å². The van der Waals surface area contributed by atoms with Crippen LogP contribution in [-0.2, 0) is 5.41 Å². The third-order valence-corrected chi connectivity index (χ3v) is 29.6. The van der Waals surface area contributed by atoms with Crippen LogP contribution in [-0.4, -0.2) is 48.2 Å². The second-order valence-corrected chi connectivity index (χ2v) is 37.7. The van der Waals surface area contributed by atoms with Crippen LogP contribution in [0, 0.1) is 0 Å². The number of furan rings is 4. The van der Waals surface area contributed by atoms with Crippen molar-refractivity contribution in [2.24, 2.45) is 0 Å². The van der Waals surface area contributed by atoms with Crippen LogP contribution in [0.4, 0.5) is 0 Å². The van der Waals surface area contributed by atoms with Gasteiger partial charge in [-0.2, -0.15) is 0 Å². The van der Waals surface area contributed by atoms with Gasteiger partial charge in [-0.15, -0.1) is 0 Å². The molecule has 0 spiro atoms. The van der Waals surface area contributed by atoms with Gasteiger partial charge in [0.25, 0.3) is 0 Å². The molecule has 1 aliphatic rings. The maximum absolute atomic E-state index is 6.54. The molecule has 0 saturated heterocycles. The Bertz CT molecular complexity index is 10800. The summed E-state index contributed by atoms with van der Waals surface area (Å²) in [7, 11) is 0. The lowest BCUT2D eigenvalue weighted by molar-refractivity contribution is 0.661. The van der Waals surface area contributed by atoms with Gasteiger partial charge in [0.1, 0.15) is 44.7 Å². The van der Waals surface area contributed by atoms with Crippen molar-refractivity contribution in [1.82, 2.24) is 48.2 Å². The van der Waals surface area contributed by atoms with Crippen molar-refractivity contribution in [2.75, 3.05) is 0 Å². The third kappa shape index (κ3) is 12.0. The highest BCUT2D eigenvalue weighted by molar-refractivity contribution is 6.28. The molecule has 14 heteroatoms. The van der Waals surface area contributed by atoms with Crippen LogP contribution < -0.4 is 0 Å². The Balaban J connectivity index is 0.000000100. The van der Waals surface area contributed by atoms with Gasteiger partial charge in [0.05, 0.1) is 83.2 Å². The molecular formula is C129H78N10O4. The predicted octanol–water partition coefficient (Wildman–Crippen LogP) is 33.8. The Morgan fingerprint density at radius 1 is 0.203 bits per heavy atom. The zero-order valence-corrected chi connectivity index (χ0v) is 77.2. The summed E-state index contributed by atoms with van der Waals surface area (Å²) in [5, 5.41) is 21.1. The van der Waals surface area contributed by atoms with Crippen molar-refractivity contribution in [3.8, 4) is 79.6 Å². The molecule has 0 bridgehead atoms. The van der Waals surface area contributed by atoms with E-state index in [-0.39, 0.29) is 5.41 Å². The minimum Gasteiger partial charge on any atom is -0.455 e. The van der Waals surface area contributed by atoms with Crippen molar-refractivity contribution < 1.29 is 17.7 Å². The second-order valence-electron chi connectivity index (χ2n) is 37.7. The zero-order chi connectivity index (χ0) is 94.0. The van der Waals surface area contributed by atoms with Gasteiger partial charge in [0.2, 0.25) is 11.9 Å². The third-order valence-electron chi connectivity index (χ3n) is 29.6. The molecule has 0 atom stereocenters. The maximum Gasteiger partial charge on any atom is 0.235 e. The van der Waals surface area contributed by atoms with Crippen molar-refractivity contribution >= 4 is 208 Å². The SMILES string of the molecule is CC1(C)c2ccccc2-c2cc3c(cc21)c1ccccc1n3-c1nc(-c2cccc3c2oc2ccccc23)c2ccccc2n1.c1ccc(-n2c3ccccc3c3c2ccc2c4ccccc4n(-c4nc(-c5cccc6c5oc5ccccc56)c5ccccc5n4)c23)cc1.c1ccc2c(-c3cccc4c3oc3ccccc34)nc(-c3ccc(-n4c5ccccc5c5c6oc7ccccc7c6ccc54)cc3)nc2c1. The number of para-hydroxylation sites is 15. The van der Waals surface area contributed by atoms with Crippen LogP contribution >= 0.6 is 0 Å². The first-order chi connectivity index (χ1) is 70.7. The number of aromatic nitrogens is 10. The average molecular weight is 1830 g/mol. The van der Waals surface area contributed by atoms with Gasteiger partial charge in [-0.25, -0.2) is 29.9 Å². The van der Waals surface area contributed by atoms with E-state index in [1.807, 2.05) is 84.9 Å². The summed E-state index contributed by atoms with van der Waals surface area (Å²) in [6, 6.07) is 153. The van der Waals surface area contributed by atoms with Gasteiger partial charge >= 0.3 is 0 Å². The van der Waals surface area contributed by atoms with Crippen LogP contribution in [0.1, 0.15) is 25.0 Å². The summed E-state index contributed by atoms with van der Waals surface area (Å²) in [5.74, 6) is 1.94. The molecule has 0 N–H and O–H groups in total. The molecule has 0 unspecified atom stereocenters. The Morgan fingerprint density at radius 2 is 0.566 bits per heavy atom. The van der Waals surface area contributed by atoms with Crippen molar-refractivity contribution in [3.05, 3.63) is 448 Å². The smallest absolute Gasteiger partial charge is 0.235 e. The number of hydrogen-bond acceptors (Lipinski definition) is 10. The molecule has 14 nitrogen and oxygen atoms in total. The molecule has 668 valence electrons. The van der Waals surface area contributed by atoms with E-state index in [9.17, 15) is 0 Å². The minimum atomic E-state index is -0.0821. The fraction of sp³-hybridized carbons (Fsp3) is 0.0233. The molecule has 0 saturated carbocycles. The Hall–Kier alpha value is -19.2. The van der Waals surface area contributed by atoms with E-state index in [4.69, 9.17) is 47.6 Å². The van der Waals surface area contributed by atoms with E-state index in [1.54, 1.807) is 0 Å². The van der Waals surface area contributed by atoms with Crippen molar-refractivity contribution in [1.29, 1.82) is 0 Å². The van der Waals surface area contributed by atoms with Crippen molar-refractivity contribution in [3.63, 3.8) is 0 Å². The molecule has 20 aromatic carbocycles. The van der Waals surface area contributed by atoms with Gasteiger partial charge in [0.15, 0.2) is 5.82 Å². The van der Waals surface area contributed by atoms with E-state index in [0.717, 1.165) is 237 Å². The molecule has 11 aromatic heterocycles. The molecular weight excluding hydrogens is 1750 g/mol. The van der Waals surface area contributed by atoms with Gasteiger partial charge in [-0.3, -0.25) is 9.13 Å². The second kappa shape index (κ2) is 30.9. The first-order valence-electron chi connectivity index (χ1n) is 48.4. The zero-order valence-electron chi connectivity index (χ0n) is 77.2. The first kappa shape index (κ1) is 80.0. The molecule has 0 amide bonds. The predicted molar refractivity (Wildman–Crippen MR) is 584 cm³/mol. The van der Waals surface area contributed by atoms with E-state index < -0.39 is 0 Å². The maximum atomic E-state index is 6.54. The molecule has 0 aliphatic heterocycles. The summed E-state index contributed by atoms with van der Waals surface area (Å²) in [6.07, 6.45) is 0. The summed E-state index contributed by atoms with van der Waals surface area (Å²) < 4.78 is 35.1. The van der Waals surface area contributed by atoms with Crippen molar-refractivity contribution in [2.45, 2.75) is 19.3 Å². The quantitative estimate of drug-likeness (QED) is 0.144. The van der Waals surface area contributed by atoms with E-state index in [2.05, 4.69) is 384 Å². The largest absolute Gasteiger partial charge is 0.455 e. The minimum absolute atomic E-state index is 0.0821. The molecule has 32 rings (SSSR count). The lowest BCUT2D eigenvalue weighted by Crippen LogP contribution is -2.14. The van der Waals surface area contributed by atoms with E-state index in [1.165, 1.54) is 43.8 Å². The average Bonchev–Trinajstić information content (AvgIpc) is 1.54. The topological polar surface area (TPSA) is 150 Å². The number of rotatable bonds is 8. The Labute approximate surface area is 814 Å². The van der Waals surface area contributed by atoms with Crippen LogP contribution in [0.2, 0.25) is 0 Å². The first-order valence-corrected chi connectivity index (χ1v) is 48.4. The van der Waals surface area contributed by atoms with Crippen LogP contribution in [0.25, 0.3) is 287 Å². The fourth-order valence-corrected chi connectivity index (χ4v) is 23.2. The summed E-state index contributed by atoms with van der Waals surface area (Å²) in [6.45, 7) is 4.67. The van der Waals surface area contributed by atoms with E-state index >= 15 is 0 Å². The van der Waals surface area contributed by atoms with Gasteiger partial charge in [0, 0.05) is 136 Å². The lowest BCUT2D eigenvalue weighted by Gasteiger charge is -2.21. The summed E-state index contributed by atoms with van der Waals surface area (Å²) >= 11 is 0. The summed E-state index contributed by atoms with van der Waals surface area (Å²) in [5.41, 5.74) is 32.2. The normalized spacial score (nSPS) is 12.6. The van der Waals surface area contributed by atoms with Crippen LogP contribution in [0.15, 0.2) is 454 Å². The number of fused-ring (bicyclic) bond motifs is 32. The molecule has 31 aromatic rings. The fourth-order valence-electron chi connectivity index (χ4n) is 23.2. The van der Waals surface area contributed by atoms with Crippen LogP contribution in [0.3, 0.4) is 0 Å². The van der Waals surface area contributed by atoms with Gasteiger partial charge in [-0.05, 0) is 174 Å².